The van der Waals surface area contributed by atoms with Crippen molar-refractivity contribution >= 4 is 6.83 Å². The summed E-state index contributed by atoms with van der Waals surface area (Å²) in [7, 11) is -4.35. The summed E-state index contributed by atoms with van der Waals surface area (Å²) in [6.45, 7) is 5.39. The van der Waals surface area contributed by atoms with Gasteiger partial charge in [0, 0.05) is 0 Å². The third-order valence-corrected chi connectivity index (χ3v) is 11.7. The van der Waals surface area contributed by atoms with Crippen LogP contribution in [-0.4, -0.2) is 25.7 Å². The first-order valence-electron chi connectivity index (χ1n) is 11.7. The molecule has 0 amide bonds. The third-order valence-electron chi connectivity index (χ3n) is 5.74. The predicted molar refractivity (Wildman–Crippen MR) is 115 cm³/mol. The van der Waals surface area contributed by atoms with Crippen LogP contribution in [0.3, 0.4) is 0 Å². The molecular weight excluding hydrogens is 395 g/mol. The number of rotatable bonds is 20. The molecule has 4 nitrogen and oxygen atoms in total. The Kier molecular flexibility index (Phi) is 15.7. The first-order valence-corrected chi connectivity index (χ1v) is 16.4. The molecule has 0 aliphatic heterocycles. The molecule has 0 heterocycles. The maximum absolute atomic E-state index is 11.4. The molecule has 0 saturated carbocycles. The molecule has 28 heavy (non-hydrogen) atoms. The van der Waals surface area contributed by atoms with Crippen molar-refractivity contribution in [3.63, 3.8) is 0 Å². The monoisotopic (exact) mass is 442 g/mol. The first-order chi connectivity index (χ1) is 13.1. The van der Waals surface area contributed by atoms with Gasteiger partial charge in [0.2, 0.25) is 0 Å². The van der Waals surface area contributed by atoms with Crippen LogP contribution in [0.25, 0.3) is 0 Å². The van der Waals surface area contributed by atoms with Gasteiger partial charge in [0.1, 0.15) is 0 Å². The van der Waals surface area contributed by atoms with Crippen molar-refractivity contribution in [1.82, 2.24) is 0 Å². The Bertz CT molecular complexity index is 348. The van der Waals surface area contributed by atoms with E-state index in [0.717, 1.165) is 38.0 Å². The van der Waals surface area contributed by atoms with Crippen molar-refractivity contribution in [3.05, 3.63) is 0 Å². The normalized spacial score (nSPS) is 14.2. The van der Waals surface area contributed by atoms with E-state index in [1.165, 1.54) is 77.0 Å². The van der Waals surface area contributed by atoms with Gasteiger partial charge in [0.05, 0.1) is 0 Å². The van der Waals surface area contributed by atoms with Gasteiger partial charge < -0.3 is 0 Å². The van der Waals surface area contributed by atoms with Crippen LogP contribution in [0.15, 0.2) is 0 Å². The van der Waals surface area contributed by atoms with Crippen molar-refractivity contribution in [1.29, 1.82) is 0 Å². The molecule has 0 aliphatic carbocycles. The van der Waals surface area contributed by atoms with Crippen molar-refractivity contribution in [2.24, 2.45) is 0 Å². The second-order valence-electron chi connectivity index (χ2n) is 9.40. The standard InChI is InChI=1S/C22H48ClO4P/c1-5-7-9-11-13-15-17-19-21-28(3,4,27-23(24,25)26)22-20-18-16-14-12-10-8-6-2/h5-22H2,1-4H3. The number of hydrogen-bond donors (Lipinski definition) is 0. The summed E-state index contributed by atoms with van der Waals surface area (Å²) < 4.78 is 39.3. The molecule has 0 fully saturated rings. The van der Waals surface area contributed by atoms with Crippen molar-refractivity contribution in [2.45, 2.75) is 117 Å². The summed E-state index contributed by atoms with van der Waals surface area (Å²) >= 11 is 0. The van der Waals surface area contributed by atoms with Gasteiger partial charge in [-0.25, -0.2) is 0 Å². The van der Waals surface area contributed by atoms with Gasteiger partial charge in [-0.2, -0.15) is 0 Å². The van der Waals surface area contributed by atoms with E-state index in [2.05, 4.69) is 13.8 Å². The van der Waals surface area contributed by atoms with Crippen molar-refractivity contribution in [2.75, 3.05) is 25.7 Å². The molecule has 0 atom stereocenters. The molecule has 0 saturated heterocycles. The minimum atomic E-state index is -4.35. The molecular formula is C22H48ClO4P. The van der Waals surface area contributed by atoms with E-state index in [9.17, 15) is 14.0 Å². The molecule has 6 heteroatoms. The van der Waals surface area contributed by atoms with Crippen LogP contribution in [0.1, 0.15) is 117 Å². The van der Waals surface area contributed by atoms with Crippen LogP contribution in [0, 0.1) is 10.2 Å². The van der Waals surface area contributed by atoms with Crippen LogP contribution in [0.2, 0.25) is 0 Å². The van der Waals surface area contributed by atoms with Crippen LogP contribution < -0.4 is 14.0 Å². The van der Waals surface area contributed by atoms with E-state index in [1.807, 2.05) is 13.3 Å². The third kappa shape index (κ3) is 17.4. The van der Waals surface area contributed by atoms with Gasteiger partial charge in [-0.1, -0.05) is 0 Å². The van der Waals surface area contributed by atoms with Gasteiger partial charge in [-0.05, 0) is 0 Å². The molecule has 0 rings (SSSR count). The van der Waals surface area contributed by atoms with Gasteiger partial charge in [-0.3, -0.25) is 0 Å². The van der Waals surface area contributed by atoms with Crippen molar-refractivity contribution < 1.29 is 28.3 Å². The fraction of sp³-hybridized carbons (Fsp3) is 1.00. The van der Waals surface area contributed by atoms with Gasteiger partial charge >= 0.3 is 177 Å². The Balaban J connectivity index is 4.24. The predicted octanol–water partition coefficient (Wildman–Crippen LogP) is 4.91. The summed E-state index contributed by atoms with van der Waals surface area (Å²) in [5.74, 6) is 0. The molecule has 0 aromatic carbocycles. The van der Waals surface area contributed by atoms with Crippen LogP contribution in [0.5, 0.6) is 0 Å². The molecule has 0 spiro atoms. The number of unbranched alkanes of at least 4 members (excludes halogenated alkanes) is 14. The molecule has 0 bridgehead atoms. The fourth-order valence-electron chi connectivity index (χ4n) is 3.95. The van der Waals surface area contributed by atoms with Crippen LogP contribution in [-0.2, 0) is 4.08 Å². The second-order valence-corrected chi connectivity index (χ2v) is 16.7. The molecule has 0 radical (unpaired) electrons. The molecule has 0 aromatic heterocycles. The van der Waals surface area contributed by atoms with Crippen LogP contribution >= 0.6 is 6.83 Å². The van der Waals surface area contributed by atoms with Crippen molar-refractivity contribution in [3.8, 4) is 0 Å². The maximum atomic E-state index is 11.4. The molecule has 0 aliphatic rings. The topological polar surface area (TPSA) is 78.4 Å². The van der Waals surface area contributed by atoms with Crippen LogP contribution in [0.4, 0.5) is 0 Å². The first kappa shape index (κ1) is 28.6. The Morgan fingerprint density at radius 1 is 0.536 bits per heavy atom. The van der Waals surface area contributed by atoms with Gasteiger partial charge in [0.15, 0.2) is 0 Å². The Labute approximate surface area is 177 Å². The minimum absolute atomic E-state index is 0.742. The Morgan fingerprint density at radius 3 is 1.11 bits per heavy atom. The summed E-state index contributed by atoms with van der Waals surface area (Å²) in [5.41, 5.74) is 0. The zero-order chi connectivity index (χ0) is 21.4. The Hall–Kier alpha value is 0.560. The van der Waals surface area contributed by atoms with E-state index in [-0.39, 0.29) is 0 Å². The van der Waals surface area contributed by atoms with E-state index >= 15 is 0 Å². The summed E-state index contributed by atoms with van der Waals surface area (Å²) in [6.07, 6.45) is 20.8. The quantitative estimate of drug-likeness (QED) is 0.198. The zero-order valence-corrected chi connectivity index (χ0v) is 20.8. The average molecular weight is 443 g/mol. The summed E-state index contributed by atoms with van der Waals surface area (Å²) in [5, 5.41) is 0. The second kappa shape index (κ2) is 15.4. The fourth-order valence-corrected chi connectivity index (χ4v) is 9.45. The molecule has 0 N–H and O–H groups in total. The average Bonchev–Trinajstić information content (AvgIpc) is 2.58. The molecule has 172 valence electrons. The van der Waals surface area contributed by atoms with E-state index in [4.69, 9.17) is 4.08 Å². The SMILES string of the molecule is CCCCCCCCCCP(C)(C)(CCCCCCCCCC)O[Cl+3]([O-])([O-])[O-]. The number of halogens is 1. The number of hydrogen-bond acceptors (Lipinski definition) is 4. The molecule has 0 unspecified atom stereocenters. The van der Waals surface area contributed by atoms with Gasteiger partial charge in [0.25, 0.3) is 0 Å². The molecule has 0 aromatic rings. The summed E-state index contributed by atoms with van der Waals surface area (Å²) in [6, 6.07) is 0. The van der Waals surface area contributed by atoms with Gasteiger partial charge in [-0.15, -0.1) is 0 Å². The van der Waals surface area contributed by atoms with E-state index in [0.29, 0.717) is 0 Å². The summed E-state index contributed by atoms with van der Waals surface area (Å²) in [4.78, 5) is 0. The van der Waals surface area contributed by atoms with E-state index in [1.54, 1.807) is 0 Å². The zero-order valence-electron chi connectivity index (χ0n) is 19.2. The van der Waals surface area contributed by atoms with E-state index < -0.39 is 17.1 Å². The Morgan fingerprint density at radius 2 is 0.821 bits per heavy atom.